The first-order valence-electron chi connectivity index (χ1n) is 10.6. The average molecular weight is 458 g/mol. The number of rotatable bonds is 7. The van der Waals surface area contributed by atoms with Gasteiger partial charge in [-0.15, -0.1) is 0 Å². The van der Waals surface area contributed by atoms with Crippen LogP contribution in [0.5, 0.6) is 5.75 Å². The quantitative estimate of drug-likeness (QED) is 0.643. The van der Waals surface area contributed by atoms with Crippen LogP contribution in [0, 0.1) is 6.92 Å². The van der Waals surface area contributed by atoms with E-state index in [1.54, 1.807) is 24.3 Å². The number of hydrogen-bond acceptors (Lipinski definition) is 5. The molecule has 2 aromatic carbocycles. The Morgan fingerprint density at radius 2 is 1.72 bits per heavy atom. The number of nitrogens with one attached hydrogen (secondary N) is 1. The zero-order chi connectivity index (χ0) is 22.9. The molecule has 0 spiro atoms. The standard InChI is InChI=1S/C23H27N3O5S/c1-3-31-19-10-8-18(9-11-19)26-21-15-32(29,30)14-20(21)25(23(26)28)13-22(27)24-12-17-6-4-16(2)5-7-17/h4-11,20-21H,3,12-15H2,1-2H3,(H,24,27)/t20-,21+/m0/s1. The first-order valence-corrected chi connectivity index (χ1v) is 12.4. The lowest BCUT2D eigenvalue weighted by atomic mass is 10.1. The summed E-state index contributed by atoms with van der Waals surface area (Å²) in [4.78, 5) is 28.7. The first kappa shape index (κ1) is 22.1. The molecule has 170 valence electrons. The maximum Gasteiger partial charge on any atom is 0.325 e. The van der Waals surface area contributed by atoms with Gasteiger partial charge in [0.2, 0.25) is 5.91 Å². The number of carbonyl (C=O) groups excluding carboxylic acids is 2. The second-order valence-corrected chi connectivity index (χ2v) is 10.3. The highest BCUT2D eigenvalue weighted by Crippen LogP contribution is 2.35. The summed E-state index contributed by atoms with van der Waals surface area (Å²) in [7, 11) is -3.31. The molecule has 2 fully saturated rings. The van der Waals surface area contributed by atoms with Gasteiger partial charge in [0.1, 0.15) is 12.3 Å². The zero-order valence-electron chi connectivity index (χ0n) is 18.2. The summed E-state index contributed by atoms with van der Waals surface area (Å²) in [5.41, 5.74) is 2.67. The fourth-order valence-corrected chi connectivity index (χ4v) is 6.20. The van der Waals surface area contributed by atoms with E-state index < -0.39 is 21.9 Å². The molecule has 0 aliphatic carbocycles. The lowest BCUT2D eigenvalue weighted by molar-refractivity contribution is -0.122. The van der Waals surface area contributed by atoms with E-state index in [2.05, 4.69) is 5.32 Å². The van der Waals surface area contributed by atoms with Crippen LogP contribution >= 0.6 is 0 Å². The molecule has 3 amide bonds. The summed E-state index contributed by atoms with van der Waals surface area (Å²) in [6.45, 7) is 4.55. The van der Waals surface area contributed by atoms with Crippen molar-refractivity contribution >= 4 is 27.5 Å². The number of amides is 3. The predicted octanol–water partition coefficient (Wildman–Crippen LogP) is 2.12. The monoisotopic (exact) mass is 457 g/mol. The third kappa shape index (κ3) is 4.57. The minimum Gasteiger partial charge on any atom is -0.494 e. The third-order valence-corrected chi connectivity index (χ3v) is 7.53. The number of aryl methyl sites for hydroxylation is 1. The highest BCUT2D eigenvalue weighted by molar-refractivity contribution is 7.91. The molecule has 2 aliphatic heterocycles. The number of anilines is 1. The first-order chi connectivity index (χ1) is 15.3. The number of fused-ring (bicyclic) bond motifs is 1. The second kappa shape index (κ2) is 8.82. The maximum atomic E-state index is 13.2. The lowest BCUT2D eigenvalue weighted by Gasteiger charge is -2.22. The van der Waals surface area contributed by atoms with E-state index in [0.29, 0.717) is 24.6 Å². The Bertz CT molecular complexity index is 1100. The van der Waals surface area contributed by atoms with Crippen molar-refractivity contribution in [1.82, 2.24) is 10.2 Å². The van der Waals surface area contributed by atoms with Gasteiger partial charge in [-0.1, -0.05) is 29.8 Å². The Morgan fingerprint density at radius 1 is 1.06 bits per heavy atom. The van der Waals surface area contributed by atoms with Gasteiger partial charge in [-0.25, -0.2) is 13.2 Å². The van der Waals surface area contributed by atoms with Crippen molar-refractivity contribution < 1.29 is 22.7 Å². The molecule has 0 saturated carbocycles. The van der Waals surface area contributed by atoms with E-state index in [1.807, 2.05) is 38.1 Å². The van der Waals surface area contributed by atoms with Gasteiger partial charge in [0, 0.05) is 12.2 Å². The Kier molecular flexibility index (Phi) is 6.10. The Hall–Kier alpha value is -3.07. The number of urea groups is 1. The minimum absolute atomic E-state index is 0.113. The fourth-order valence-electron chi connectivity index (χ4n) is 4.25. The van der Waals surface area contributed by atoms with Crippen molar-refractivity contribution in [3.63, 3.8) is 0 Å². The van der Waals surface area contributed by atoms with Gasteiger partial charge in [0.15, 0.2) is 9.84 Å². The van der Waals surface area contributed by atoms with E-state index in [9.17, 15) is 18.0 Å². The van der Waals surface area contributed by atoms with Crippen molar-refractivity contribution in [2.75, 3.05) is 29.6 Å². The lowest BCUT2D eigenvalue weighted by Crippen LogP contribution is -2.44. The van der Waals surface area contributed by atoms with Crippen LogP contribution in [0.25, 0.3) is 0 Å². The highest BCUT2D eigenvalue weighted by Gasteiger charge is 2.54. The summed E-state index contributed by atoms with van der Waals surface area (Å²) in [6.07, 6.45) is 0. The number of sulfone groups is 1. The van der Waals surface area contributed by atoms with Crippen molar-refractivity contribution in [3.8, 4) is 5.75 Å². The second-order valence-electron chi connectivity index (χ2n) is 8.18. The summed E-state index contributed by atoms with van der Waals surface area (Å²) in [5.74, 6) is 0.0987. The van der Waals surface area contributed by atoms with Crippen LogP contribution < -0.4 is 15.0 Å². The molecule has 0 bridgehead atoms. The zero-order valence-corrected chi connectivity index (χ0v) is 19.0. The van der Waals surface area contributed by atoms with Gasteiger partial charge in [0.25, 0.3) is 0 Å². The van der Waals surface area contributed by atoms with Crippen LogP contribution in [0.2, 0.25) is 0 Å². The van der Waals surface area contributed by atoms with Crippen molar-refractivity contribution in [2.24, 2.45) is 0 Å². The molecular formula is C23H27N3O5S. The Balaban J connectivity index is 1.49. The SMILES string of the molecule is CCOc1ccc(N2C(=O)N(CC(=O)NCc3ccc(C)cc3)[C@H]3CS(=O)(=O)C[C@H]32)cc1. The van der Waals surface area contributed by atoms with Crippen LogP contribution in [-0.4, -0.2) is 62.0 Å². The number of carbonyl (C=O) groups is 2. The van der Waals surface area contributed by atoms with Gasteiger partial charge in [-0.3, -0.25) is 9.69 Å². The normalized spacial score (nSPS) is 21.5. The average Bonchev–Trinajstić information content (AvgIpc) is 3.19. The molecule has 4 rings (SSSR count). The third-order valence-electron chi connectivity index (χ3n) is 5.83. The van der Waals surface area contributed by atoms with E-state index in [0.717, 1.165) is 11.1 Å². The van der Waals surface area contributed by atoms with Crippen molar-refractivity contribution in [2.45, 2.75) is 32.5 Å². The molecule has 2 aromatic rings. The predicted molar refractivity (Wildman–Crippen MR) is 121 cm³/mol. The molecule has 32 heavy (non-hydrogen) atoms. The van der Waals surface area contributed by atoms with Crippen LogP contribution in [0.15, 0.2) is 48.5 Å². The van der Waals surface area contributed by atoms with E-state index in [-0.39, 0.29) is 30.0 Å². The Morgan fingerprint density at radius 3 is 2.38 bits per heavy atom. The number of hydrogen-bond donors (Lipinski definition) is 1. The minimum atomic E-state index is -3.31. The Labute approximate surface area is 188 Å². The van der Waals surface area contributed by atoms with Crippen LogP contribution in [0.1, 0.15) is 18.1 Å². The molecule has 0 aromatic heterocycles. The molecule has 2 aliphatic rings. The topological polar surface area (TPSA) is 96.0 Å². The number of benzene rings is 2. The van der Waals surface area contributed by atoms with E-state index >= 15 is 0 Å². The molecule has 1 N–H and O–H groups in total. The van der Waals surface area contributed by atoms with Crippen LogP contribution in [-0.2, 0) is 21.2 Å². The van der Waals surface area contributed by atoms with Gasteiger partial charge in [-0.2, -0.15) is 0 Å². The van der Waals surface area contributed by atoms with Crippen LogP contribution in [0.3, 0.4) is 0 Å². The van der Waals surface area contributed by atoms with E-state index in [4.69, 9.17) is 4.74 Å². The molecule has 2 atom stereocenters. The smallest absolute Gasteiger partial charge is 0.325 e. The molecule has 2 saturated heterocycles. The molecule has 0 radical (unpaired) electrons. The van der Waals surface area contributed by atoms with Gasteiger partial charge in [0.05, 0.1) is 30.2 Å². The number of ether oxygens (including phenoxy) is 1. The summed E-state index contributed by atoms with van der Waals surface area (Å²) < 4.78 is 30.2. The van der Waals surface area contributed by atoms with Crippen LogP contribution in [0.4, 0.5) is 10.5 Å². The van der Waals surface area contributed by atoms with Gasteiger partial charge >= 0.3 is 6.03 Å². The van der Waals surface area contributed by atoms with Gasteiger partial charge in [-0.05, 0) is 43.7 Å². The maximum absolute atomic E-state index is 13.2. The largest absolute Gasteiger partial charge is 0.494 e. The van der Waals surface area contributed by atoms with Crippen molar-refractivity contribution in [3.05, 3.63) is 59.7 Å². The van der Waals surface area contributed by atoms with Crippen molar-refractivity contribution in [1.29, 1.82) is 0 Å². The molecule has 8 nitrogen and oxygen atoms in total. The summed E-state index contributed by atoms with van der Waals surface area (Å²) in [5, 5.41) is 2.83. The van der Waals surface area contributed by atoms with Gasteiger partial charge < -0.3 is 15.0 Å². The molecular weight excluding hydrogens is 430 g/mol. The van der Waals surface area contributed by atoms with E-state index in [1.165, 1.54) is 9.80 Å². The molecule has 9 heteroatoms. The molecule has 2 heterocycles. The summed E-state index contributed by atoms with van der Waals surface area (Å²) >= 11 is 0. The molecule has 0 unspecified atom stereocenters. The highest BCUT2D eigenvalue weighted by atomic mass is 32.2. The summed E-state index contributed by atoms with van der Waals surface area (Å²) in [6, 6.07) is 13.4. The number of nitrogens with zero attached hydrogens (tertiary/aromatic N) is 2. The fraction of sp³-hybridized carbons (Fsp3) is 0.391.